The molecule has 2 saturated heterocycles. The average Bonchev–Trinajstić information content (AvgIpc) is 3.04. The molecule has 0 saturated carbocycles. The number of aromatic nitrogens is 1. The minimum absolute atomic E-state index is 0.702. The standard InChI is InChI=1S/C15H23N3O/c1-4-7-17-8-5-15-14(17)6-9-18(15)10-13-11(2)16-19-12(13)3/h4,14-15H,1,5-10H2,2-3H3/t14-,15-/m1/s1. The third kappa shape index (κ3) is 2.23. The van der Waals surface area contributed by atoms with Crippen LogP contribution in [0.5, 0.6) is 0 Å². The molecule has 2 aliphatic heterocycles. The van der Waals surface area contributed by atoms with Crippen molar-refractivity contribution < 1.29 is 4.52 Å². The van der Waals surface area contributed by atoms with Crippen molar-refractivity contribution in [1.29, 1.82) is 0 Å². The number of likely N-dealkylation sites (tertiary alicyclic amines) is 2. The van der Waals surface area contributed by atoms with Crippen LogP contribution >= 0.6 is 0 Å². The molecule has 2 aliphatic rings. The molecule has 0 unspecified atom stereocenters. The van der Waals surface area contributed by atoms with Gasteiger partial charge in [0.05, 0.1) is 5.69 Å². The fraction of sp³-hybridized carbons (Fsp3) is 0.667. The molecule has 2 fully saturated rings. The second-order valence-electron chi connectivity index (χ2n) is 5.77. The molecule has 4 nitrogen and oxygen atoms in total. The summed E-state index contributed by atoms with van der Waals surface area (Å²) < 4.78 is 5.28. The van der Waals surface area contributed by atoms with E-state index >= 15 is 0 Å². The summed E-state index contributed by atoms with van der Waals surface area (Å²) in [6.45, 7) is 12.3. The van der Waals surface area contributed by atoms with Crippen LogP contribution in [-0.2, 0) is 6.54 Å². The van der Waals surface area contributed by atoms with Crippen molar-refractivity contribution in [2.75, 3.05) is 19.6 Å². The lowest BCUT2D eigenvalue weighted by Gasteiger charge is -2.24. The zero-order chi connectivity index (χ0) is 13.4. The molecule has 1 aromatic rings. The quantitative estimate of drug-likeness (QED) is 0.777. The van der Waals surface area contributed by atoms with Gasteiger partial charge >= 0.3 is 0 Å². The van der Waals surface area contributed by atoms with E-state index in [2.05, 4.69) is 21.5 Å². The average molecular weight is 261 g/mol. The zero-order valence-electron chi connectivity index (χ0n) is 11.9. The van der Waals surface area contributed by atoms with Crippen LogP contribution in [0, 0.1) is 13.8 Å². The Labute approximate surface area is 115 Å². The highest BCUT2D eigenvalue weighted by Crippen LogP contribution is 2.33. The molecule has 0 aliphatic carbocycles. The minimum atomic E-state index is 0.702. The van der Waals surface area contributed by atoms with Crippen LogP contribution in [0.25, 0.3) is 0 Å². The van der Waals surface area contributed by atoms with Gasteiger partial charge in [-0.2, -0.15) is 0 Å². The number of hydrogen-bond donors (Lipinski definition) is 0. The SMILES string of the molecule is C=CCN1CC[C@@H]2[C@H]1CCN2Cc1c(C)noc1C. The van der Waals surface area contributed by atoms with Gasteiger partial charge in [0.2, 0.25) is 0 Å². The highest BCUT2D eigenvalue weighted by Gasteiger charge is 2.41. The maximum Gasteiger partial charge on any atom is 0.138 e. The Balaban J connectivity index is 1.70. The highest BCUT2D eigenvalue weighted by atomic mass is 16.5. The fourth-order valence-electron chi connectivity index (χ4n) is 3.68. The van der Waals surface area contributed by atoms with E-state index in [0.29, 0.717) is 6.04 Å². The predicted octanol–water partition coefficient (Wildman–Crippen LogP) is 2.13. The van der Waals surface area contributed by atoms with E-state index in [1.165, 1.54) is 31.5 Å². The summed E-state index contributed by atoms with van der Waals surface area (Å²) in [6, 6.07) is 1.42. The largest absolute Gasteiger partial charge is 0.361 e. The van der Waals surface area contributed by atoms with Crippen LogP contribution in [0.4, 0.5) is 0 Å². The molecule has 3 heterocycles. The van der Waals surface area contributed by atoms with Gasteiger partial charge in [-0.3, -0.25) is 9.80 Å². The van der Waals surface area contributed by atoms with Crippen LogP contribution in [0.3, 0.4) is 0 Å². The molecule has 0 amide bonds. The molecule has 3 rings (SSSR count). The maximum atomic E-state index is 5.28. The summed E-state index contributed by atoms with van der Waals surface area (Å²) in [5, 5.41) is 4.06. The van der Waals surface area contributed by atoms with Gasteiger partial charge in [0.1, 0.15) is 5.76 Å². The normalized spacial score (nSPS) is 27.9. The van der Waals surface area contributed by atoms with Crippen LogP contribution in [-0.4, -0.2) is 46.7 Å². The van der Waals surface area contributed by atoms with Gasteiger partial charge in [0.15, 0.2) is 0 Å². The smallest absolute Gasteiger partial charge is 0.138 e. The molecule has 0 spiro atoms. The first-order valence-electron chi connectivity index (χ1n) is 7.21. The number of nitrogens with zero attached hydrogens (tertiary/aromatic N) is 3. The first-order valence-corrected chi connectivity index (χ1v) is 7.21. The molecule has 104 valence electrons. The monoisotopic (exact) mass is 261 g/mol. The van der Waals surface area contributed by atoms with Crippen molar-refractivity contribution in [3.05, 3.63) is 29.7 Å². The molecule has 0 aromatic carbocycles. The lowest BCUT2D eigenvalue weighted by atomic mass is 10.1. The van der Waals surface area contributed by atoms with E-state index in [4.69, 9.17) is 4.52 Å². The number of fused-ring (bicyclic) bond motifs is 1. The van der Waals surface area contributed by atoms with Crippen molar-refractivity contribution in [3.8, 4) is 0 Å². The van der Waals surface area contributed by atoms with Crippen LogP contribution in [0.1, 0.15) is 29.9 Å². The van der Waals surface area contributed by atoms with Crippen LogP contribution in [0.15, 0.2) is 17.2 Å². The summed E-state index contributed by atoms with van der Waals surface area (Å²) in [7, 11) is 0. The first-order chi connectivity index (χ1) is 9.20. The van der Waals surface area contributed by atoms with Crippen LogP contribution < -0.4 is 0 Å². The van der Waals surface area contributed by atoms with Crippen molar-refractivity contribution in [3.63, 3.8) is 0 Å². The summed E-state index contributed by atoms with van der Waals surface area (Å²) in [6.07, 6.45) is 4.59. The zero-order valence-corrected chi connectivity index (χ0v) is 11.9. The van der Waals surface area contributed by atoms with Crippen molar-refractivity contribution in [2.45, 2.75) is 45.3 Å². The fourth-order valence-corrected chi connectivity index (χ4v) is 3.68. The second-order valence-corrected chi connectivity index (χ2v) is 5.77. The molecule has 0 radical (unpaired) electrons. The first kappa shape index (κ1) is 12.9. The summed E-state index contributed by atoms with van der Waals surface area (Å²) in [5.74, 6) is 0.974. The molecule has 4 heteroatoms. The van der Waals surface area contributed by atoms with E-state index in [0.717, 1.165) is 30.6 Å². The minimum Gasteiger partial charge on any atom is -0.361 e. The molecular formula is C15H23N3O. The van der Waals surface area contributed by atoms with Gasteiger partial charge < -0.3 is 4.52 Å². The van der Waals surface area contributed by atoms with Gasteiger partial charge in [0, 0.05) is 43.8 Å². The highest BCUT2D eigenvalue weighted by molar-refractivity contribution is 5.21. The van der Waals surface area contributed by atoms with Crippen LogP contribution in [0.2, 0.25) is 0 Å². The third-order valence-electron chi connectivity index (χ3n) is 4.71. The summed E-state index contributed by atoms with van der Waals surface area (Å²) >= 11 is 0. The third-order valence-corrected chi connectivity index (χ3v) is 4.71. The van der Waals surface area contributed by atoms with E-state index < -0.39 is 0 Å². The van der Waals surface area contributed by atoms with Gasteiger partial charge in [-0.15, -0.1) is 6.58 Å². The van der Waals surface area contributed by atoms with Gasteiger partial charge in [0.25, 0.3) is 0 Å². The lowest BCUT2D eigenvalue weighted by Crippen LogP contribution is -2.36. The Morgan fingerprint density at radius 1 is 1.26 bits per heavy atom. The van der Waals surface area contributed by atoms with Gasteiger partial charge in [-0.25, -0.2) is 0 Å². The number of hydrogen-bond acceptors (Lipinski definition) is 4. The van der Waals surface area contributed by atoms with E-state index in [1.807, 2.05) is 19.9 Å². The van der Waals surface area contributed by atoms with Crippen molar-refractivity contribution in [2.24, 2.45) is 0 Å². The Bertz CT molecular complexity index is 448. The van der Waals surface area contributed by atoms with E-state index in [9.17, 15) is 0 Å². The molecular weight excluding hydrogens is 238 g/mol. The second kappa shape index (κ2) is 5.10. The Hall–Kier alpha value is -1.13. The predicted molar refractivity (Wildman–Crippen MR) is 75.0 cm³/mol. The maximum absolute atomic E-state index is 5.28. The van der Waals surface area contributed by atoms with Gasteiger partial charge in [-0.1, -0.05) is 11.2 Å². The Kier molecular flexibility index (Phi) is 3.46. The molecule has 2 atom stereocenters. The Morgan fingerprint density at radius 3 is 2.58 bits per heavy atom. The molecule has 1 aromatic heterocycles. The number of aryl methyl sites for hydroxylation is 2. The van der Waals surface area contributed by atoms with Gasteiger partial charge in [-0.05, 0) is 26.7 Å². The molecule has 0 N–H and O–H groups in total. The molecule has 19 heavy (non-hydrogen) atoms. The molecule has 0 bridgehead atoms. The van der Waals surface area contributed by atoms with E-state index in [-0.39, 0.29) is 0 Å². The number of rotatable bonds is 4. The lowest BCUT2D eigenvalue weighted by molar-refractivity contribution is 0.224. The Morgan fingerprint density at radius 2 is 1.95 bits per heavy atom. The van der Waals surface area contributed by atoms with Crippen molar-refractivity contribution in [1.82, 2.24) is 15.0 Å². The summed E-state index contributed by atoms with van der Waals surface area (Å²) in [5.41, 5.74) is 2.32. The topological polar surface area (TPSA) is 32.5 Å². The summed E-state index contributed by atoms with van der Waals surface area (Å²) in [4.78, 5) is 5.19. The van der Waals surface area contributed by atoms with Crippen molar-refractivity contribution >= 4 is 0 Å². The van der Waals surface area contributed by atoms with E-state index in [1.54, 1.807) is 0 Å².